The van der Waals surface area contributed by atoms with Gasteiger partial charge >= 0.3 is 0 Å². The standard InChI is InChI=1S/C11H16ClNO/c1-7(2)11(13)9-5-4-8(12)6-10(9)14-3/h4-7,11H,13H2,1-3H3/t11-/m1/s1. The normalized spacial score (nSPS) is 13.0. The molecule has 0 fully saturated rings. The molecule has 0 spiro atoms. The first kappa shape index (κ1) is 11.3. The molecule has 1 rings (SSSR count). The van der Waals surface area contributed by atoms with Gasteiger partial charge in [-0.05, 0) is 18.1 Å². The van der Waals surface area contributed by atoms with Crippen LogP contribution in [0.3, 0.4) is 0 Å². The Hall–Kier alpha value is -0.730. The summed E-state index contributed by atoms with van der Waals surface area (Å²) < 4.78 is 5.23. The molecule has 2 N–H and O–H groups in total. The van der Waals surface area contributed by atoms with Gasteiger partial charge in [0.2, 0.25) is 0 Å². The van der Waals surface area contributed by atoms with Gasteiger partial charge in [0, 0.05) is 16.6 Å². The van der Waals surface area contributed by atoms with Crippen LogP contribution in [-0.2, 0) is 0 Å². The average Bonchev–Trinajstić information content (AvgIpc) is 2.16. The highest BCUT2D eigenvalue weighted by Crippen LogP contribution is 2.30. The van der Waals surface area contributed by atoms with Gasteiger partial charge in [0.05, 0.1) is 7.11 Å². The van der Waals surface area contributed by atoms with E-state index >= 15 is 0 Å². The molecule has 2 nitrogen and oxygen atoms in total. The molecule has 0 heterocycles. The van der Waals surface area contributed by atoms with Crippen molar-refractivity contribution >= 4 is 11.6 Å². The van der Waals surface area contributed by atoms with Crippen LogP contribution in [0.25, 0.3) is 0 Å². The van der Waals surface area contributed by atoms with Crippen LogP contribution in [-0.4, -0.2) is 7.11 Å². The summed E-state index contributed by atoms with van der Waals surface area (Å²) in [7, 11) is 1.63. The molecule has 0 amide bonds. The number of hydrogen-bond acceptors (Lipinski definition) is 2. The highest BCUT2D eigenvalue weighted by Gasteiger charge is 2.15. The summed E-state index contributed by atoms with van der Waals surface area (Å²) in [6, 6.07) is 5.54. The van der Waals surface area contributed by atoms with Crippen molar-refractivity contribution in [2.75, 3.05) is 7.11 Å². The topological polar surface area (TPSA) is 35.2 Å². The van der Waals surface area contributed by atoms with Gasteiger partial charge in [0.15, 0.2) is 0 Å². The number of methoxy groups -OCH3 is 1. The van der Waals surface area contributed by atoms with Gasteiger partial charge in [-0.1, -0.05) is 31.5 Å². The molecule has 0 aromatic heterocycles. The summed E-state index contributed by atoms with van der Waals surface area (Å²) in [5.41, 5.74) is 7.05. The maximum Gasteiger partial charge on any atom is 0.125 e. The second kappa shape index (κ2) is 4.67. The number of ether oxygens (including phenoxy) is 1. The van der Waals surface area contributed by atoms with Crippen molar-refractivity contribution in [2.45, 2.75) is 19.9 Å². The fourth-order valence-electron chi connectivity index (χ4n) is 1.32. The summed E-state index contributed by atoms with van der Waals surface area (Å²) in [5, 5.41) is 0.668. The Morgan fingerprint density at radius 1 is 1.36 bits per heavy atom. The molecule has 0 saturated carbocycles. The minimum atomic E-state index is -0.0118. The van der Waals surface area contributed by atoms with Crippen molar-refractivity contribution in [2.24, 2.45) is 11.7 Å². The lowest BCUT2D eigenvalue weighted by atomic mass is 9.96. The molecule has 0 aliphatic rings. The van der Waals surface area contributed by atoms with Gasteiger partial charge in [-0.2, -0.15) is 0 Å². The van der Waals surface area contributed by atoms with Crippen molar-refractivity contribution in [1.82, 2.24) is 0 Å². The van der Waals surface area contributed by atoms with Crippen molar-refractivity contribution in [1.29, 1.82) is 0 Å². The van der Waals surface area contributed by atoms with E-state index in [1.807, 2.05) is 12.1 Å². The maximum absolute atomic E-state index is 6.04. The first-order chi connectivity index (χ1) is 6.56. The Labute approximate surface area is 90.0 Å². The van der Waals surface area contributed by atoms with Gasteiger partial charge in [0.25, 0.3) is 0 Å². The van der Waals surface area contributed by atoms with Gasteiger partial charge in [-0.15, -0.1) is 0 Å². The first-order valence-electron chi connectivity index (χ1n) is 4.65. The first-order valence-corrected chi connectivity index (χ1v) is 5.03. The van der Waals surface area contributed by atoms with E-state index in [1.54, 1.807) is 13.2 Å². The molecule has 1 aromatic carbocycles. The van der Waals surface area contributed by atoms with Gasteiger partial charge in [-0.25, -0.2) is 0 Å². The fourth-order valence-corrected chi connectivity index (χ4v) is 1.48. The number of hydrogen-bond donors (Lipinski definition) is 1. The van der Waals surface area contributed by atoms with Gasteiger partial charge in [-0.3, -0.25) is 0 Å². The Morgan fingerprint density at radius 2 is 2.00 bits per heavy atom. The number of halogens is 1. The lowest BCUT2D eigenvalue weighted by molar-refractivity contribution is 0.396. The summed E-state index contributed by atoms with van der Waals surface area (Å²) in [6.45, 7) is 4.16. The highest BCUT2D eigenvalue weighted by atomic mass is 35.5. The smallest absolute Gasteiger partial charge is 0.125 e. The van der Waals surface area contributed by atoms with Crippen LogP contribution >= 0.6 is 11.6 Å². The van der Waals surface area contributed by atoms with Crippen LogP contribution in [0.4, 0.5) is 0 Å². The predicted molar refractivity (Wildman–Crippen MR) is 59.8 cm³/mol. The number of rotatable bonds is 3. The molecule has 3 heteroatoms. The quantitative estimate of drug-likeness (QED) is 0.838. The minimum Gasteiger partial charge on any atom is -0.496 e. The van der Waals surface area contributed by atoms with E-state index in [9.17, 15) is 0 Å². The molecule has 78 valence electrons. The Balaban J connectivity index is 3.07. The van der Waals surface area contributed by atoms with Crippen LogP contribution in [0.15, 0.2) is 18.2 Å². The van der Waals surface area contributed by atoms with E-state index < -0.39 is 0 Å². The minimum absolute atomic E-state index is 0.0118. The van der Waals surface area contributed by atoms with Crippen molar-refractivity contribution in [3.63, 3.8) is 0 Å². The molecule has 0 aliphatic heterocycles. The van der Waals surface area contributed by atoms with Crippen LogP contribution in [0.1, 0.15) is 25.5 Å². The Bertz CT molecular complexity index is 312. The summed E-state index contributed by atoms with van der Waals surface area (Å²) >= 11 is 5.86. The lowest BCUT2D eigenvalue weighted by Crippen LogP contribution is -2.17. The Kier molecular flexibility index (Phi) is 3.78. The summed E-state index contributed by atoms with van der Waals surface area (Å²) in [6.07, 6.45) is 0. The monoisotopic (exact) mass is 213 g/mol. The summed E-state index contributed by atoms with van der Waals surface area (Å²) in [4.78, 5) is 0. The predicted octanol–water partition coefficient (Wildman–Crippen LogP) is 3.00. The van der Waals surface area contributed by atoms with Crippen LogP contribution in [0.2, 0.25) is 5.02 Å². The van der Waals surface area contributed by atoms with E-state index in [4.69, 9.17) is 22.1 Å². The molecule has 0 bridgehead atoms. The van der Waals surface area contributed by atoms with Crippen LogP contribution < -0.4 is 10.5 Å². The van der Waals surface area contributed by atoms with E-state index in [0.717, 1.165) is 11.3 Å². The SMILES string of the molecule is COc1cc(Cl)ccc1[C@H](N)C(C)C. The second-order valence-electron chi connectivity index (χ2n) is 3.66. The van der Waals surface area contributed by atoms with Crippen molar-refractivity contribution in [3.05, 3.63) is 28.8 Å². The zero-order valence-electron chi connectivity index (χ0n) is 8.75. The molecule has 1 aromatic rings. The van der Waals surface area contributed by atoms with E-state index in [-0.39, 0.29) is 6.04 Å². The molecule has 1 atom stereocenters. The highest BCUT2D eigenvalue weighted by molar-refractivity contribution is 6.30. The van der Waals surface area contributed by atoms with Crippen molar-refractivity contribution < 1.29 is 4.74 Å². The third kappa shape index (κ3) is 2.40. The molecule has 0 unspecified atom stereocenters. The number of nitrogens with two attached hydrogens (primary N) is 1. The largest absolute Gasteiger partial charge is 0.496 e. The number of benzene rings is 1. The third-order valence-electron chi connectivity index (χ3n) is 2.27. The van der Waals surface area contributed by atoms with Gasteiger partial charge in [0.1, 0.15) is 5.75 Å². The van der Waals surface area contributed by atoms with E-state index in [0.29, 0.717) is 10.9 Å². The molecule has 0 radical (unpaired) electrons. The van der Waals surface area contributed by atoms with Gasteiger partial charge < -0.3 is 10.5 Å². The molecule has 14 heavy (non-hydrogen) atoms. The molecule has 0 aliphatic carbocycles. The molecular weight excluding hydrogens is 198 g/mol. The fraction of sp³-hybridized carbons (Fsp3) is 0.455. The zero-order chi connectivity index (χ0) is 10.7. The van der Waals surface area contributed by atoms with Crippen LogP contribution in [0.5, 0.6) is 5.75 Å². The molecular formula is C11H16ClNO. The van der Waals surface area contributed by atoms with E-state index in [1.165, 1.54) is 0 Å². The maximum atomic E-state index is 6.04. The zero-order valence-corrected chi connectivity index (χ0v) is 9.51. The van der Waals surface area contributed by atoms with Crippen molar-refractivity contribution in [3.8, 4) is 5.75 Å². The van der Waals surface area contributed by atoms with E-state index in [2.05, 4.69) is 13.8 Å². The summed E-state index contributed by atoms with van der Waals surface area (Å²) in [5.74, 6) is 1.14. The molecule has 0 saturated heterocycles. The lowest BCUT2D eigenvalue weighted by Gasteiger charge is -2.18. The average molecular weight is 214 g/mol. The van der Waals surface area contributed by atoms with Crippen LogP contribution in [0, 0.1) is 5.92 Å². The Morgan fingerprint density at radius 3 is 2.50 bits per heavy atom. The third-order valence-corrected chi connectivity index (χ3v) is 2.51. The second-order valence-corrected chi connectivity index (χ2v) is 4.09.